The lowest BCUT2D eigenvalue weighted by atomic mass is 10.1. The molecule has 1 fully saturated rings. The Balaban J connectivity index is 1.78. The minimum atomic E-state index is -0.461. The SMILES string of the molecule is Cc1cccc(N=C2S[C@@H](CC(=O)Nc3c(C)cccc3C)C(=O)N2CC(C)C)c1. The first kappa shape index (κ1) is 22.1. The molecule has 5 nitrogen and oxygen atoms in total. The summed E-state index contributed by atoms with van der Waals surface area (Å²) in [6.07, 6.45) is 0.124. The Labute approximate surface area is 183 Å². The minimum absolute atomic E-state index is 0.0447. The van der Waals surface area contributed by atoms with Crippen molar-refractivity contribution < 1.29 is 9.59 Å². The second-order valence-electron chi connectivity index (χ2n) is 8.20. The average molecular weight is 424 g/mol. The van der Waals surface area contributed by atoms with Crippen LogP contribution in [0.3, 0.4) is 0 Å². The molecule has 1 N–H and O–H groups in total. The van der Waals surface area contributed by atoms with E-state index < -0.39 is 5.25 Å². The highest BCUT2D eigenvalue weighted by Gasteiger charge is 2.39. The van der Waals surface area contributed by atoms with E-state index in [0.29, 0.717) is 17.6 Å². The number of aryl methyl sites for hydroxylation is 3. The van der Waals surface area contributed by atoms with Gasteiger partial charge >= 0.3 is 0 Å². The van der Waals surface area contributed by atoms with Crippen LogP contribution in [0, 0.1) is 26.7 Å². The van der Waals surface area contributed by atoms with Crippen LogP contribution in [0.25, 0.3) is 0 Å². The molecular weight excluding hydrogens is 394 g/mol. The molecule has 6 heteroatoms. The number of aliphatic imine (C=N–C) groups is 1. The lowest BCUT2D eigenvalue weighted by Gasteiger charge is -2.18. The van der Waals surface area contributed by atoms with Gasteiger partial charge in [0.05, 0.1) is 5.69 Å². The zero-order valence-electron chi connectivity index (χ0n) is 18.2. The van der Waals surface area contributed by atoms with Gasteiger partial charge in [0.2, 0.25) is 11.8 Å². The van der Waals surface area contributed by atoms with Gasteiger partial charge in [-0.05, 0) is 55.5 Å². The normalized spacial score (nSPS) is 17.8. The molecule has 0 radical (unpaired) electrons. The number of hydrogen-bond donors (Lipinski definition) is 1. The molecule has 1 heterocycles. The molecule has 0 aliphatic carbocycles. The molecule has 1 saturated heterocycles. The zero-order valence-corrected chi connectivity index (χ0v) is 19.0. The van der Waals surface area contributed by atoms with Crippen LogP contribution in [0.5, 0.6) is 0 Å². The van der Waals surface area contributed by atoms with Crippen molar-refractivity contribution in [1.29, 1.82) is 0 Å². The summed E-state index contributed by atoms with van der Waals surface area (Å²) in [7, 11) is 0. The van der Waals surface area contributed by atoms with Crippen molar-refractivity contribution in [3.05, 3.63) is 59.2 Å². The summed E-state index contributed by atoms with van der Waals surface area (Å²) in [6, 6.07) is 13.8. The lowest BCUT2D eigenvalue weighted by Crippen LogP contribution is -2.36. The van der Waals surface area contributed by atoms with Crippen molar-refractivity contribution in [3.63, 3.8) is 0 Å². The molecule has 2 aromatic rings. The number of amides is 2. The van der Waals surface area contributed by atoms with Crippen molar-refractivity contribution in [3.8, 4) is 0 Å². The van der Waals surface area contributed by atoms with Crippen LogP contribution in [0.1, 0.15) is 37.0 Å². The Hall–Kier alpha value is -2.60. The van der Waals surface area contributed by atoms with E-state index in [4.69, 9.17) is 4.99 Å². The van der Waals surface area contributed by atoms with Crippen LogP contribution in [-0.2, 0) is 9.59 Å². The maximum absolute atomic E-state index is 13.1. The number of thioether (sulfide) groups is 1. The fourth-order valence-electron chi connectivity index (χ4n) is 3.44. The summed E-state index contributed by atoms with van der Waals surface area (Å²) in [5.74, 6) is 0.107. The van der Waals surface area contributed by atoms with Gasteiger partial charge in [-0.3, -0.25) is 14.5 Å². The first-order valence-corrected chi connectivity index (χ1v) is 11.1. The average Bonchev–Trinajstić information content (AvgIpc) is 2.93. The van der Waals surface area contributed by atoms with E-state index in [1.54, 1.807) is 4.90 Å². The number of benzene rings is 2. The topological polar surface area (TPSA) is 61.8 Å². The quantitative estimate of drug-likeness (QED) is 0.692. The number of hydrogen-bond acceptors (Lipinski definition) is 4. The van der Waals surface area contributed by atoms with E-state index in [2.05, 4.69) is 19.2 Å². The predicted octanol–water partition coefficient (Wildman–Crippen LogP) is 5.23. The Morgan fingerprint density at radius 2 is 1.80 bits per heavy atom. The van der Waals surface area contributed by atoms with Crippen molar-refractivity contribution in [2.24, 2.45) is 10.9 Å². The Kier molecular flexibility index (Phi) is 6.98. The Morgan fingerprint density at radius 3 is 2.43 bits per heavy atom. The van der Waals surface area contributed by atoms with Gasteiger partial charge in [0.15, 0.2) is 5.17 Å². The predicted molar refractivity (Wildman–Crippen MR) is 125 cm³/mol. The third-order valence-electron chi connectivity index (χ3n) is 4.91. The summed E-state index contributed by atoms with van der Waals surface area (Å²) in [4.78, 5) is 32.3. The van der Waals surface area contributed by atoms with Gasteiger partial charge in [-0.15, -0.1) is 0 Å². The zero-order chi connectivity index (χ0) is 21.8. The van der Waals surface area contributed by atoms with Gasteiger partial charge in [0.1, 0.15) is 5.25 Å². The number of nitrogens with one attached hydrogen (secondary N) is 1. The highest BCUT2D eigenvalue weighted by Crippen LogP contribution is 2.33. The number of para-hydroxylation sites is 1. The molecule has 1 aliphatic rings. The standard InChI is InChI=1S/C24H29N3O2S/c1-15(2)14-27-23(29)20(30-24(27)25-19-11-6-8-16(3)12-19)13-21(28)26-22-17(4)9-7-10-18(22)5/h6-12,15,20H,13-14H2,1-5H3,(H,26,28)/t20-/m0/s1. The first-order valence-electron chi connectivity index (χ1n) is 10.2. The third kappa shape index (κ3) is 5.30. The van der Waals surface area contributed by atoms with E-state index >= 15 is 0 Å². The molecule has 2 amide bonds. The lowest BCUT2D eigenvalue weighted by molar-refractivity contribution is -0.128. The van der Waals surface area contributed by atoms with E-state index in [9.17, 15) is 9.59 Å². The van der Waals surface area contributed by atoms with Crippen LogP contribution >= 0.6 is 11.8 Å². The highest BCUT2D eigenvalue weighted by molar-refractivity contribution is 8.15. The smallest absolute Gasteiger partial charge is 0.242 e. The number of rotatable bonds is 6. The molecule has 1 atom stereocenters. The second-order valence-corrected chi connectivity index (χ2v) is 9.37. The van der Waals surface area contributed by atoms with Gasteiger partial charge in [0.25, 0.3) is 0 Å². The number of carbonyl (C=O) groups excluding carboxylic acids is 2. The minimum Gasteiger partial charge on any atom is -0.326 e. The van der Waals surface area contributed by atoms with Crippen molar-refractivity contribution in [2.75, 3.05) is 11.9 Å². The molecule has 3 rings (SSSR count). The second kappa shape index (κ2) is 9.47. The maximum Gasteiger partial charge on any atom is 0.242 e. The fourth-order valence-corrected chi connectivity index (χ4v) is 4.60. The molecule has 0 bridgehead atoms. The van der Waals surface area contributed by atoms with Crippen LogP contribution in [0.4, 0.5) is 11.4 Å². The number of amidine groups is 1. The van der Waals surface area contributed by atoms with Crippen molar-refractivity contribution in [2.45, 2.75) is 46.3 Å². The van der Waals surface area contributed by atoms with Crippen molar-refractivity contribution >= 4 is 40.1 Å². The van der Waals surface area contributed by atoms with E-state index in [0.717, 1.165) is 28.1 Å². The molecule has 158 valence electrons. The highest BCUT2D eigenvalue weighted by atomic mass is 32.2. The first-order chi connectivity index (χ1) is 14.2. The fraction of sp³-hybridized carbons (Fsp3) is 0.375. The molecule has 0 unspecified atom stereocenters. The molecule has 0 spiro atoms. The van der Waals surface area contributed by atoms with Gasteiger partial charge in [-0.1, -0.05) is 55.9 Å². The van der Waals surface area contributed by atoms with E-state index in [-0.39, 0.29) is 18.2 Å². The summed E-state index contributed by atoms with van der Waals surface area (Å²) < 4.78 is 0. The molecule has 0 aromatic heterocycles. The van der Waals surface area contributed by atoms with Gasteiger partial charge in [-0.25, -0.2) is 4.99 Å². The maximum atomic E-state index is 13.1. The van der Waals surface area contributed by atoms with Crippen LogP contribution in [0.15, 0.2) is 47.5 Å². The van der Waals surface area contributed by atoms with Gasteiger partial charge < -0.3 is 5.32 Å². The molecule has 30 heavy (non-hydrogen) atoms. The Bertz CT molecular complexity index is 964. The van der Waals surface area contributed by atoms with Crippen LogP contribution < -0.4 is 5.32 Å². The number of anilines is 1. The van der Waals surface area contributed by atoms with Crippen molar-refractivity contribution in [1.82, 2.24) is 4.90 Å². The molecule has 2 aromatic carbocycles. The molecular formula is C24H29N3O2S. The summed E-state index contributed by atoms with van der Waals surface area (Å²) >= 11 is 1.38. The summed E-state index contributed by atoms with van der Waals surface area (Å²) in [5, 5.41) is 3.20. The molecule has 0 saturated carbocycles. The summed E-state index contributed by atoms with van der Waals surface area (Å²) in [6.45, 7) is 10.7. The number of nitrogens with zero attached hydrogens (tertiary/aromatic N) is 2. The van der Waals surface area contributed by atoms with Crippen LogP contribution in [0.2, 0.25) is 0 Å². The van der Waals surface area contributed by atoms with Crippen LogP contribution in [-0.4, -0.2) is 33.7 Å². The monoisotopic (exact) mass is 423 g/mol. The van der Waals surface area contributed by atoms with Gasteiger partial charge in [-0.2, -0.15) is 0 Å². The van der Waals surface area contributed by atoms with E-state index in [1.165, 1.54) is 11.8 Å². The number of carbonyl (C=O) groups is 2. The largest absolute Gasteiger partial charge is 0.326 e. The third-order valence-corrected chi connectivity index (χ3v) is 6.09. The summed E-state index contributed by atoms with van der Waals surface area (Å²) in [5.41, 5.74) is 4.78. The van der Waals surface area contributed by atoms with E-state index in [1.807, 2.05) is 63.2 Å². The van der Waals surface area contributed by atoms with Gasteiger partial charge in [0, 0.05) is 18.7 Å². The molecule has 1 aliphatic heterocycles. The Morgan fingerprint density at radius 1 is 1.13 bits per heavy atom.